The van der Waals surface area contributed by atoms with Crippen LogP contribution in [0.3, 0.4) is 0 Å². The Bertz CT molecular complexity index is 1480. The minimum absolute atomic E-state index is 0.161. The fourth-order valence-corrected chi connectivity index (χ4v) is 7.20. The molecule has 31 heavy (non-hydrogen) atoms. The predicted octanol–water partition coefficient (Wildman–Crippen LogP) is 7.68. The van der Waals surface area contributed by atoms with Crippen molar-refractivity contribution in [2.75, 3.05) is 0 Å². The first-order valence-corrected chi connectivity index (χ1v) is 11.5. The zero-order valence-electron chi connectivity index (χ0n) is 18.7. The summed E-state index contributed by atoms with van der Waals surface area (Å²) in [6.07, 6.45) is 9.26. The van der Waals surface area contributed by atoms with Crippen molar-refractivity contribution in [3.63, 3.8) is 0 Å². The second kappa shape index (κ2) is 5.46. The minimum atomic E-state index is 0.161. The Morgan fingerprint density at radius 3 is 2.61 bits per heavy atom. The van der Waals surface area contributed by atoms with Gasteiger partial charge < -0.3 is 0 Å². The highest BCUT2D eigenvalue weighted by atomic mass is 14.7. The molecule has 152 valence electrons. The summed E-state index contributed by atoms with van der Waals surface area (Å²) in [5.74, 6) is 0.461. The lowest BCUT2D eigenvalue weighted by Gasteiger charge is -2.31. The molecule has 3 aromatic carbocycles. The lowest BCUT2D eigenvalue weighted by molar-refractivity contribution is 0.404. The van der Waals surface area contributed by atoms with Crippen molar-refractivity contribution in [3.05, 3.63) is 82.6 Å². The van der Waals surface area contributed by atoms with E-state index in [1.54, 1.807) is 0 Å². The molecule has 7 rings (SSSR count). The van der Waals surface area contributed by atoms with Gasteiger partial charge in [-0.3, -0.25) is 4.98 Å². The van der Waals surface area contributed by atoms with Gasteiger partial charge in [-0.2, -0.15) is 0 Å². The van der Waals surface area contributed by atoms with Crippen LogP contribution in [0, 0.1) is 0 Å². The SMILES string of the molecule is CC1(C)CC(C)(C)c2c1cnc1c2cc2c3c4c(ccc31)-c1ccccc1CC4C=C2. The van der Waals surface area contributed by atoms with Crippen LogP contribution in [0.4, 0.5) is 0 Å². The predicted molar refractivity (Wildman–Crippen MR) is 131 cm³/mol. The average Bonchev–Trinajstić information content (AvgIpc) is 2.94. The molecule has 0 saturated carbocycles. The number of allylic oxidation sites excluding steroid dienone is 1. The zero-order chi connectivity index (χ0) is 21.1. The van der Waals surface area contributed by atoms with Crippen molar-refractivity contribution < 1.29 is 0 Å². The van der Waals surface area contributed by atoms with Gasteiger partial charge in [-0.05, 0) is 74.1 Å². The monoisotopic (exact) mass is 401 g/mol. The highest BCUT2D eigenvalue weighted by Gasteiger charge is 2.43. The van der Waals surface area contributed by atoms with Gasteiger partial charge in [0.15, 0.2) is 0 Å². The van der Waals surface area contributed by atoms with E-state index in [1.807, 2.05) is 0 Å². The van der Waals surface area contributed by atoms with Crippen molar-refractivity contribution in [2.24, 2.45) is 0 Å². The Kier molecular flexibility index (Phi) is 3.12. The lowest BCUT2D eigenvalue weighted by Crippen LogP contribution is -2.18. The molecule has 0 radical (unpaired) electrons. The van der Waals surface area contributed by atoms with E-state index in [-0.39, 0.29) is 10.8 Å². The molecule has 0 N–H and O–H groups in total. The second-order valence-electron chi connectivity index (χ2n) is 11.1. The molecule has 0 saturated heterocycles. The van der Waals surface area contributed by atoms with E-state index in [1.165, 1.54) is 67.0 Å². The summed E-state index contributed by atoms with van der Waals surface area (Å²) < 4.78 is 0. The highest BCUT2D eigenvalue weighted by molar-refractivity contribution is 6.14. The molecule has 1 unspecified atom stereocenters. The summed E-state index contributed by atoms with van der Waals surface area (Å²) in [6, 6.07) is 16.1. The first-order chi connectivity index (χ1) is 14.9. The highest BCUT2D eigenvalue weighted by Crippen LogP contribution is 2.54. The number of aromatic nitrogens is 1. The molecule has 0 amide bonds. The van der Waals surface area contributed by atoms with Crippen LogP contribution in [-0.4, -0.2) is 4.98 Å². The van der Waals surface area contributed by atoms with Gasteiger partial charge in [0, 0.05) is 22.9 Å². The molecule has 3 aliphatic rings. The summed E-state index contributed by atoms with van der Waals surface area (Å²) in [7, 11) is 0. The molecule has 1 heteroatoms. The van der Waals surface area contributed by atoms with Gasteiger partial charge in [0.05, 0.1) is 5.52 Å². The topological polar surface area (TPSA) is 12.9 Å². The Morgan fingerprint density at radius 1 is 0.903 bits per heavy atom. The average molecular weight is 402 g/mol. The van der Waals surface area contributed by atoms with Gasteiger partial charge in [-0.1, -0.05) is 76.2 Å². The molecule has 4 aromatic rings. The minimum Gasteiger partial charge on any atom is -0.255 e. The van der Waals surface area contributed by atoms with Gasteiger partial charge >= 0.3 is 0 Å². The zero-order valence-corrected chi connectivity index (χ0v) is 18.7. The fraction of sp³-hybridized carbons (Fsp3) is 0.300. The quantitative estimate of drug-likeness (QED) is 0.275. The number of hydrogen-bond acceptors (Lipinski definition) is 1. The summed E-state index contributed by atoms with van der Waals surface area (Å²) in [6.45, 7) is 9.56. The first-order valence-electron chi connectivity index (χ1n) is 11.5. The van der Waals surface area contributed by atoms with Crippen molar-refractivity contribution in [3.8, 4) is 11.1 Å². The van der Waals surface area contributed by atoms with Gasteiger partial charge in [0.1, 0.15) is 0 Å². The molecular weight excluding hydrogens is 374 g/mol. The lowest BCUT2D eigenvalue weighted by atomic mass is 9.73. The maximum Gasteiger partial charge on any atom is 0.0784 e. The Balaban J connectivity index is 1.63. The van der Waals surface area contributed by atoms with Gasteiger partial charge in [0.2, 0.25) is 0 Å². The third kappa shape index (κ3) is 2.14. The van der Waals surface area contributed by atoms with Crippen LogP contribution in [0.15, 0.2) is 54.7 Å². The van der Waals surface area contributed by atoms with Crippen molar-refractivity contribution in [1.82, 2.24) is 4.98 Å². The molecule has 0 aliphatic heterocycles. The molecule has 0 spiro atoms. The molecule has 1 atom stereocenters. The van der Waals surface area contributed by atoms with Crippen LogP contribution in [-0.2, 0) is 17.3 Å². The summed E-state index contributed by atoms with van der Waals surface area (Å²) >= 11 is 0. The third-order valence-corrected chi connectivity index (χ3v) is 8.12. The van der Waals surface area contributed by atoms with Crippen molar-refractivity contribution in [1.29, 1.82) is 0 Å². The Morgan fingerprint density at radius 2 is 1.74 bits per heavy atom. The van der Waals surface area contributed by atoms with Gasteiger partial charge in [-0.15, -0.1) is 0 Å². The number of nitrogens with zero attached hydrogens (tertiary/aromatic N) is 1. The molecule has 3 aliphatic carbocycles. The van der Waals surface area contributed by atoms with Gasteiger partial charge in [0.25, 0.3) is 0 Å². The number of fused-ring (bicyclic) bond motifs is 6. The first kappa shape index (κ1) is 17.7. The molecule has 1 heterocycles. The van der Waals surface area contributed by atoms with E-state index in [4.69, 9.17) is 4.98 Å². The number of rotatable bonds is 0. The van der Waals surface area contributed by atoms with Crippen molar-refractivity contribution in [2.45, 2.75) is 57.3 Å². The summed E-state index contributed by atoms with van der Waals surface area (Å²) in [5, 5.41) is 4.10. The summed E-state index contributed by atoms with van der Waals surface area (Å²) in [5.41, 5.74) is 11.6. The maximum absolute atomic E-state index is 5.10. The smallest absolute Gasteiger partial charge is 0.0784 e. The van der Waals surface area contributed by atoms with Gasteiger partial charge in [-0.25, -0.2) is 0 Å². The van der Waals surface area contributed by atoms with E-state index in [0.29, 0.717) is 5.92 Å². The van der Waals surface area contributed by atoms with Crippen LogP contribution < -0.4 is 0 Å². The number of hydrogen-bond donors (Lipinski definition) is 0. The van der Waals surface area contributed by atoms with Crippen LogP contribution in [0.5, 0.6) is 0 Å². The van der Waals surface area contributed by atoms with E-state index in [2.05, 4.69) is 88.5 Å². The van der Waals surface area contributed by atoms with Crippen LogP contribution in [0.25, 0.3) is 38.9 Å². The normalized spacial score (nSPS) is 21.4. The largest absolute Gasteiger partial charge is 0.255 e. The number of pyridine rings is 1. The molecule has 1 aromatic heterocycles. The van der Waals surface area contributed by atoms with E-state index >= 15 is 0 Å². The van der Waals surface area contributed by atoms with E-state index < -0.39 is 0 Å². The van der Waals surface area contributed by atoms with E-state index in [0.717, 1.165) is 6.42 Å². The Hall–Kier alpha value is -2.93. The maximum atomic E-state index is 5.10. The fourth-order valence-electron chi connectivity index (χ4n) is 7.20. The van der Waals surface area contributed by atoms with Crippen LogP contribution in [0.1, 0.15) is 67.9 Å². The molecule has 0 fully saturated rings. The number of benzene rings is 3. The second-order valence-corrected chi connectivity index (χ2v) is 11.1. The molecule has 0 bridgehead atoms. The standard InChI is InChI=1S/C30H27N/c1-29(2)16-30(3,4)27-23-14-19-10-9-18-13-17-7-5-6-8-20(17)21-11-12-22(26(19)25(18)21)28(23)31-15-24(27)29/h5-12,14-15,18H,13,16H2,1-4H3. The molecular formula is C30H27N. The van der Waals surface area contributed by atoms with E-state index in [9.17, 15) is 0 Å². The van der Waals surface area contributed by atoms with Crippen LogP contribution >= 0.6 is 0 Å². The molecule has 1 nitrogen and oxygen atoms in total. The van der Waals surface area contributed by atoms with Crippen molar-refractivity contribution >= 4 is 27.8 Å². The Labute approximate surface area is 183 Å². The third-order valence-electron chi connectivity index (χ3n) is 8.12. The summed E-state index contributed by atoms with van der Waals surface area (Å²) in [4.78, 5) is 5.10. The van der Waals surface area contributed by atoms with Crippen LogP contribution in [0.2, 0.25) is 0 Å².